The van der Waals surface area contributed by atoms with E-state index in [1.807, 2.05) is 42.1 Å². The van der Waals surface area contributed by atoms with Gasteiger partial charge in [-0.2, -0.15) is 11.8 Å². The van der Waals surface area contributed by atoms with Gasteiger partial charge in [-0.05, 0) is 10.8 Å². The van der Waals surface area contributed by atoms with Crippen LogP contribution in [-0.2, 0) is 11.3 Å². The lowest BCUT2D eigenvalue weighted by molar-refractivity contribution is 0.107. The first kappa shape index (κ1) is 14.9. The van der Waals surface area contributed by atoms with Crippen LogP contribution in [0.5, 0.6) is 0 Å². The Hall–Kier alpha value is -1.16. The third-order valence-electron chi connectivity index (χ3n) is 2.39. The molecule has 18 heavy (non-hydrogen) atoms. The lowest BCUT2D eigenvalue weighted by Gasteiger charge is -2.17. The summed E-state index contributed by atoms with van der Waals surface area (Å²) in [7, 11) is 1.77. The summed E-state index contributed by atoms with van der Waals surface area (Å²) in [6.45, 7) is 5.36. The van der Waals surface area contributed by atoms with Gasteiger partial charge < -0.3 is 9.64 Å². The van der Waals surface area contributed by atoms with Crippen molar-refractivity contribution in [2.75, 3.05) is 19.3 Å². The molecule has 0 aliphatic heterocycles. The van der Waals surface area contributed by atoms with Crippen LogP contribution in [0, 0.1) is 0 Å². The lowest BCUT2D eigenvalue weighted by atomic mass is 10.2. The average Bonchev–Trinajstić information content (AvgIpc) is 2.36. The molecule has 0 fully saturated rings. The monoisotopic (exact) mass is 267 g/mol. The van der Waals surface area contributed by atoms with Gasteiger partial charge in [0.25, 0.3) is 0 Å². The maximum Gasteiger partial charge on any atom is 0.409 e. The van der Waals surface area contributed by atoms with E-state index in [9.17, 15) is 4.79 Å². The van der Waals surface area contributed by atoms with E-state index in [1.54, 1.807) is 11.9 Å². The molecule has 4 heteroatoms. The molecule has 1 rings (SSSR count). The Bertz CT molecular complexity index is 354. The van der Waals surface area contributed by atoms with E-state index in [0.29, 0.717) is 11.9 Å². The molecule has 3 nitrogen and oxygen atoms in total. The Morgan fingerprint density at radius 1 is 1.33 bits per heavy atom. The minimum absolute atomic E-state index is 0.261. The van der Waals surface area contributed by atoms with Gasteiger partial charge in [-0.1, -0.05) is 44.2 Å². The van der Waals surface area contributed by atoms with Crippen molar-refractivity contribution in [3.63, 3.8) is 0 Å². The number of amides is 1. The Balaban J connectivity index is 2.23. The number of hydrogen-bond donors (Lipinski definition) is 0. The van der Waals surface area contributed by atoms with Crippen molar-refractivity contribution in [1.82, 2.24) is 4.90 Å². The Morgan fingerprint density at radius 2 is 2.00 bits per heavy atom. The first-order chi connectivity index (χ1) is 8.59. The van der Waals surface area contributed by atoms with Crippen molar-refractivity contribution >= 4 is 17.9 Å². The number of nitrogens with zero attached hydrogens (tertiary/aromatic N) is 1. The molecule has 0 saturated heterocycles. The molecular weight excluding hydrogens is 246 g/mol. The number of carbonyl (C=O) groups excluding carboxylic acids is 1. The normalized spacial score (nSPS) is 10.4. The van der Waals surface area contributed by atoms with Gasteiger partial charge in [0.05, 0.1) is 0 Å². The van der Waals surface area contributed by atoms with Crippen molar-refractivity contribution in [2.45, 2.75) is 25.7 Å². The van der Waals surface area contributed by atoms with E-state index >= 15 is 0 Å². The van der Waals surface area contributed by atoms with E-state index in [1.165, 1.54) is 0 Å². The van der Waals surface area contributed by atoms with Crippen LogP contribution in [-0.4, -0.2) is 35.6 Å². The Morgan fingerprint density at radius 3 is 2.61 bits per heavy atom. The van der Waals surface area contributed by atoms with Gasteiger partial charge in [-0.25, -0.2) is 4.79 Å². The predicted molar refractivity (Wildman–Crippen MR) is 76.9 cm³/mol. The molecule has 0 atom stereocenters. The maximum absolute atomic E-state index is 11.7. The van der Waals surface area contributed by atoms with Crippen LogP contribution in [0.3, 0.4) is 0 Å². The first-order valence-electron chi connectivity index (χ1n) is 6.13. The molecule has 0 N–H and O–H groups in total. The van der Waals surface area contributed by atoms with Crippen LogP contribution in [0.25, 0.3) is 0 Å². The van der Waals surface area contributed by atoms with Gasteiger partial charge >= 0.3 is 6.09 Å². The van der Waals surface area contributed by atoms with Crippen molar-refractivity contribution in [3.05, 3.63) is 35.9 Å². The molecule has 0 aromatic heterocycles. The minimum Gasteiger partial charge on any atom is -0.445 e. The summed E-state index contributed by atoms with van der Waals surface area (Å²) >= 11 is 1.84. The maximum atomic E-state index is 11.7. The van der Waals surface area contributed by atoms with E-state index in [0.717, 1.165) is 17.9 Å². The van der Waals surface area contributed by atoms with Crippen LogP contribution in [0.2, 0.25) is 0 Å². The summed E-state index contributed by atoms with van der Waals surface area (Å²) in [6.07, 6.45) is -0.261. The van der Waals surface area contributed by atoms with E-state index in [4.69, 9.17) is 4.74 Å². The van der Waals surface area contributed by atoms with Gasteiger partial charge in [0.15, 0.2) is 0 Å². The zero-order valence-electron chi connectivity index (χ0n) is 11.3. The fourth-order valence-corrected chi connectivity index (χ4v) is 2.20. The quantitative estimate of drug-likeness (QED) is 0.791. The zero-order chi connectivity index (χ0) is 13.4. The van der Waals surface area contributed by atoms with Crippen molar-refractivity contribution in [2.24, 2.45) is 0 Å². The highest BCUT2D eigenvalue weighted by Crippen LogP contribution is 2.09. The van der Waals surface area contributed by atoms with Crippen LogP contribution in [0.4, 0.5) is 4.79 Å². The summed E-state index contributed by atoms with van der Waals surface area (Å²) < 4.78 is 5.23. The third kappa shape index (κ3) is 5.96. The molecular formula is C14H21NO2S. The van der Waals surface area contributed by atoms with E-state index < -0.39 is 0 Å². The van der Waals surface area contributed by atoms with Crippen LogP contribution < -0.4 is 0 Å². The summed E-state index contributed by atoms with van der Waals surface area (Å²) in [5.74, 6) is 0.939. The number of hydrogen-bond acceptors (Lipinski definition) is 3. The third-order valence-corrected chi connectivity index (χ3v) is 3.48. The average molecular weight is 267 g/mol. The summed E-state index contributed by atoms with van der Waals surface area (Å²) in [5.41, 5.74) is 1.01. The van der Waals surface area contributed by atoms with Gasteiger partial charge in [0, 0.05) is 19.3 Å². The molecule has 0 saturated carbocycles. The molecule has 100 valence electrons. The highest BCUT2D eigenvalue weighted by atomic mass is 32.2. The molecule has 0 bridgehead atoms. The molecule has 1 amide bonds. The molecule has 0 unspecified atom stereocenters. The predicted octanol–water partition coefficient (Wildman–Crippen LogP) is 3.40. The highest BCUT2D eigenvalue weighted by molar-refractivity contribution is 7.99. The van der Waals surface area contributed by atoms with Crippen LogP contribution in [0.1, 0.15) is 19.4 Å². The molecule has 0 radical (unpaired) electrons. The molecule has 0 heterocycles. The SMILES string of the molecule is CC(C)SCCN(C)C(=O)OCc1ccccc1. The van der Waals surface area contributed by atoms with Gasteiger partial charge in [-0.15, -0.1) is 0 Å². The van der Waals surface area contributed by atoms with Crippen molar-refractivity contribution < 1.29 is 9.53 Å². The van der Waals surface area contributed by atoms with Gasteiger partial charge in [-0.3, -0.25) is 0 Å². The molecule has 1 aromatic rings. The lowest BCUT2D eigenvalue weighted by Crippen LogP contribution is -2.29. The van der Waals surface area contributed by atoms with Crippen molar-refractivity contribution in [1.29, 1.82) is 0 Å². The van der Waals surface area contributed by atoms with Gasteiger partial charge in [0.2, 0.25) is 0 Å². The Kier molecular flexibility index (Phi) is 6.65. The zero-order valence-corrected chi connectivity index (χ0v) is 12.1. The molecule has 0 aliphatic rings. The largest absolute Gasteiger partial charge is 0.445 e. The summed E-state index contributed by atoms with van der Waals surface area (Å²) in [4.78, 5) is 13.3. The fraction of sp³-hybridized carbons (Fsp3) is 0.500. The summed E-state index contributed by atoms with van der Waals surface area (Å²) in [6, 6.07) is 9.71. The molecule has 0 aliphatic carbocycles. The minimum atomic E-state index is -0.261. The topological polar surface area (TPSA) is 29.5 Å². The standard InChI is InChI=1S/C14H21NO2S/c1-12(2)18-10-9-15(3)14(16)17-11-13-7-5-4-6-8-13/h4-8,12H,9-11H2,1-3H3. The number of thioether (sulfide) groups is 1. The van der Waals surface area contributed by atoms with Gasteiger partial charge in [0.1, 0.15) is 6.61 Å². The Labute approximate surface area is 114 Å². The van der Waals surface area contributed by atoms with Crippen molar-refractivity contribution in [3.8, 4) is 0 Å². The van der Waals surface area contributed by atoms with Crippen LogP contribution >= 0.6 is 11.8 Å². The second-order valence-corrected chi connectivity index (χ2v) is 6.07. The number of ether oxygens (including phenoxy) is 1. The number of carbonyl (C=O) groups is 1. The van der Waals surface area contributed by atoms with E-state index in [2.05, 4.69) is 13.8 Å². The van der Waals surface area contributed by atoms with Crippen LogP contribution in [0.15, 0.2) is 30.3 Å². The molecule has 0 spiro atoms. The number of benzene rings is 1. The smallest absolute Gasteiger partial charge is 0.409 e. The first-order valence-corrected chi connectivity index (χ1v) is 7.18. The highest BCUT2D eigenvalue weighted by Gasteiger charge is 2.09. The van der Waals surface area contributed by atoms with E-state index in [-0.39, 0.29) is 6.09 Å². The fourth-order valence-electron chi connectivity index (χ4n) is 1.35. The summed E-state index contributed by atoms with van der Waals surface area (Å²) in [5, 5.41) is 0.596. The second kappa shape index (κ2) is 8.03. The molecule has 1 aromatic carbocycles. The second-order valence-electron chi connectivity index (χ2n) is 4.38. The number of rotatable bonds is 6.